The smallest absolute Gasteiger partial charge is 0.329 e. The highest BCUT2D eigenvalue weighted by molar-refractivity contribution is 5.83. The Morgan fingerprint density at radius 3 is 2.17 bits per heavy atom. The molecule has 1 atom stereocenters. The number of aryl methyl sites for hydroxylation is 2. The standard InChI is InChI=1S/C15H23NO2/c1-6-7-15(4,14(17)18)16(5)13-9-11(2)8-12(3)10-13/h8-10H,6-7H2,1-5H3,(H,17,18). The molecule has 0 saturated heterocycles. The molecule has 1 rings (SSSR count). The van der Waals surface area contributed by atoms with Crippen molar-refractivity contribution in [2.45, 2.75) is 46.1 Å². The second-order valence-corrected chi connectivity index (χ2v) is 5.23. The molecular weight excluding hydrogens is 226 g/mol. The van der Waals surface area contributed by atoms with Gasteiger partial charge in [0.15, 0.2) is 0 Å². The summed E-state index contributed by atoms with van der Waals surface area (Å²) in [4.78, 5) is 13.4. The Morgan fingerprint density at radius 2 is 1.78 bits per heavy atom. The van der Waals surface area contributed by atoms with Crippen LogP contribution in [-0.2, 0) is 4.79 Å². The number of likely N-dealkylation sites (N-methyl/N-ethyl adjacent to an activating group) is 1. The molecule has 18 heavy (non-hydrogen) atoms. The van der Waals surface area contributed by atoms with Gasteiger partial charge in [0.25, 0.3) is 0 Å². The Morgan fingerprint density at radius 1 is 1.28 bits per heavy atom. The van der Waals surface area contributed by atoms with Crippen LogP contribution in [-0.4, -0.2) is 23.7 Å². The third kappa shape index (κ3) is 2.84. The average molecular weight is 249 g/mol. The van der Waals surface area contributed by atoms with Crippen molar-refractivity contribution < 1.29 is 9.90 Å². The largest absolute Gasteiger partial charge is 0.480 e. The van der Waals surface area contributed by atoms with Gasteiger partial charge in [0.2, 0.25) is 0 Å². The van der Waals surface area contributed by atoms with E-state index in [1.807, 2.05) is 44.9 Å². The summed E-state index contributed by atoms with van der Waals surface area (Å²) in [6.07, 6.45) is 1.48. The molecule has 1 N–H and O–H groups in total. The molecule has 3 heteroatoms. The van der Waals surface area contributed by atoms with E-state index in [1.165, 1.54) is 0 Å². The molecule has 1 aromatic carbocycles. The van der Waals surface area contributed by atoms with Crippen LogP contribution in [0.3, 0.4) is 0 Å². The van der Waals surface area contributed by atoms with Crippen LogP contribution < -0.4 is 4.90 Å². The van der Waals surface area contributed by atoms with E-state index in [1.54, 1.807) is 6.92 Å². The summed E-state index contributed by atoms with van der Waals surface area (Å²) in [5.74, 6) is -0.772. The molecule has 0 heterocycles. The van der Waals surface area contributed by atoms with Crippen LogP contribution >= 0.6 is 0 Å². The minimum atomic E-state index is -0.852. The summed E-state index contributed by atoms with van der Waals surface area (Å²) in [6.45, 7) is 7.86. The quantitative estimate of drug-likeness (QED) is 0.869. The molecule has 0 aliphatic heterocycles. The molecule has 0 aliphatic carbocycles. The zero-order valence-electron chi connectivity index (χ0n) is 11.9. The summed E-state index contributed by atoms with van der Waals surface area (Å²) in [5.41, 5.74) is 2.42. The lowest BCUT2D eigenvalue weighted by Gasteiger charge is -2.37. The lowest BCUT2D eigenvalue weighted by molar-refractivity contribution is -0.143. The van der Waals surface area contributed by atoms with Crippen molar-refractivity contribution in [3.8, 4) is 0 Å². The molecule has 1 aromatic rings. The first-order valence-corrected chi connectivity index (χ1v) is 6.36. The molecule has 0 amide bonds. The molecule has 0 bridgehead atoms. The van der Waals surface area contributed by atoms with Crippen molar-refractivity contribution in [3.63, 3.8) is 0 Å². The first kappa shape index (κ1) is 14.6. The molecule has 0 spiro atoms. The van der Waals surface area contributed by atoms with E-state index in [0.29, 0.717) is 6.42 Å². The topological polar surface area (TPSA) is 40.5 Å². The van der Waals surface area contributed by atoms with Gasteiger partial charge in [0.1, 0.15) is 5.54 Å². The number of carboxylic acids is 1. The Labute approximate surface area is 109 Å². The van der Waals surface area contributed by atoms with Gasteiger partial charge >= 0.3 is 5.97 Å². The predicted molar refractivity (Wildman–Crippen MR) is 75.3 cm³/mol. The molecule has 0 radical (unpaired) electrons. The molecule has 0 aliphatic rings. The fourth-order valence-electron chi connectivity index (χ4n) is 2.33. The zero-order valence-corrected chi connectivity index (χ0v) is 11.9. The summed E-state index contributed by atoms with van der Waals surface area (Å²) in [6, 6.07) is 6.16. The van der Waals surface area contributed by atoms with Gasteiger partial charge in [-0.25, -0.2) is 4.79 Å². The predicted octanol–water partition coefficient (Wildman–Crippen LogP) is 3.38. The van der Waals surface area contributed by atoms with Crippen LogP contribution in [0.5, 0.6) is 0 Å². The van der Waals surface area contributed by atoms with E-state index in [-0.39, 0.29) is 0 Å². The summed E-state index contributed by atoms with van der Waals surface area (Å²) >= 11 is 0. The Bertz CT molecular complexity index is 422. The fourth-order valence-corrected chi connectivity index (χ4v) is 2.33. The monoisotopic (exact) mass is 249 g/mol. The first-order valence-electron chi connectivity index (χ1n) is 6.36. The van der Waals surface area contributed by atoms with E-state index < -0.39 is 11.5 Å². The average Bonchev–Trinajstić information content (AvgIpc) is 2.26. The van der Waals surface area contributed by atoms with Crippen molar-refractivity contribution in [1.82, 2.24) is 0 Å². The number of anilines is 1. The molecule has 0 aromatic heterocycles. The number of benzene rings is 1. The van der Waals surface area contributed by atoms with Crippen molar-refractivity contribution in [1.29, 1.82) is 0 Å². The SMILES string of the molecule is CCCC(C)(C(=O)O)N(C)c1cc(C)cc(C)c1. The lowest BCUT2D eigenvalue weighted by atomic mass is 9.93. The maximum Gasteiger partial charge on any atom is 0.329 e. The highest BCUT2D eigenvalue weighted by atomic mass is 16.4. The van der Waals surface area contributed by atoms with Crippen LogP contribution in [0.25, 0.3) is 0 Å². The van der Waals surface area contributed by atoms with Crippen LogP contribution in [0.15, 0.2) is 18.2 Å². The second-order valence-electron chi connectivity index (χ2n) is 5.23. The van der Waals surface area contributed by atoms with Crippen molar-refractivity contribution >= 4 is 11.7 Å². The number of rotatable bonds is 5. The van der Waals surface area contributed by atoms with Crippen LogP contribution in [0, 0.1) is 13.8 Å². The summed E-state index contributed by atoms with van der Waals surface area (Å²) in [7, 11) is 1.86. The highest BCUT2D eigenvalue weighted by Crippen LogP contribution is 2.28. The molecule has 100 valence electrons. The van der Waals surface area contributed by atoms with Gasteiger partial charge in [-0.1, -0.05) is 19.4 Å². The summed E-state index contributed by atoms with van der Waals surface area (Å²) in [5, 5.41) is 9.49. The van der Waals surface area contributed by atoms with E-state index in [4.69, 9.17) is 0 Å². The van der Waals surface area contributed by atoms with Crippen LogP contribution in [0.2, 0.25) is 0 Å². The van der Waals surface area contributed by atoms with Crippen LogP contribution in [0.4, 0.5) is 5.69 Å². The van der Waals surface area contributed by atoms with Crippen LogP contribution in [0.1, 0.15) is 37.8 Å². The zero-order chi connectivity index (χ0) is 13.9. The van der Waals surface area contributed by atoms with Gasteiger partial charge in [-0.05, 0) is 50.5 Å². The number of carboxylic acid groups (broad SMARTS) is 1. The maximum absolute atomic E-state index is 11.6. The van der Waals surface area contributed by atoms with E-state index in [9.17, 15) is 9.90 Å². The van der Waals surface area contributed by atoms with Gasteiger partial charge in [-0.15, -0.1) is 0 Å². The molecule has 0 saturated carbocycles. The minimum absolute atomic E-state index is 0.631. The van der Waals surface area contributed by atoms with Gasteiger partial charge in [0, 0.05) is 12.7 Å². The molecular formula is C15H23NO2. The number of aliphatic carboxylic acids is 1. The van der Waals surface area contributed by atoms with E-state index >= 15 is 0 Å². The third-order valence-electron chi connectivity index (χ3n) is 3.53. The van der Waals surface area contributed by atoms with Gasteiger partial charge in [-0.3, -0.25) is 0 Å². The molecule has 0 fully saturated rings. The number of hydrogen-bond donors (Lipinski definition) is 1. The Kier molecular flexibility index (Phi) is 4.38. The van der Waals surface area contributed by atoms with Gasteiger partial charge in [-0.2, -0.15) is 0 Å². The van der Waals surface area contributed by atoms with Crippen molar-refractivity contribution in [2.24, 2.45) is 0 Å². The van der Waals surface area contributed by atoms with Gasteiger partial charge in [0.05, 0.1) is 0 Å². The number of carbonyl (C=O) groups is 1. The van der Waals surface area contributed by atoms with E-state index in [2.05, 4.69) is 6.07 Å². The van der Waals surface area contributed by atoms with Gasteiger partial charge < -0.3 is 10.0 Å². The number of nitrogens with zero attached hydrogens (tertiary/aromatic N) is 1. The first-order chi connectivity index (χ1) is 8.31. The van der Waals surface area contributed by atoms with Crippen molar-refractivity contribution in [3.05, 3.63) is 29.3 Å². The Balaban J connectivity index is 3.17. The van der Waals surface area contributed by atoms with E-state index in [0.717, 1.165) is 23.2 Å². The molecule has 3 nitrogen and oxygen atoms in total. The Hall–Kier alpha value is -1.51. The highest BCUT2D eigenvalue weighted by Gasteiger charge is 2.36. The lowest BCUT2D eigenvalue weighted by Crippen LogP contribution is -2.50. The second kappa shape index (κ2) is 5.42. The molecule has 1 unspecified atom stereocenters. The normalized spacial score (nSPS) is 14.1. The minimum Gasteiger partial charge on any atom is -0.480 e. The fraction of sp³-hybridized carbons (Fsp3) is 0.533. The number of hydrogen-bond acceptors (Lipinski definition) is 2. The maximum atomic E-state index is 11.6. The summed E-state index contributed by atoms with van der Waals surface area (Å²) < 4.78 is 0. The third-order valence-corrected chi connectivity index (χ3v) is 3.53. The van der Waals surface area contributed by atoms with Crippen molar-refractivity contribution in [2.75, 3.05) is 11.9 Å².